The molecule has 0 saturated heterocycles. The highest BCUT2D eigenvalue weighted by atomic mass is 127. The van der Waals surface area contributed by atoms with Crippen LogP contribution in [0.5, 0.6) is 0 Å². The normalized spacial score (nSPS) is 12.6. The van der Waals surface area contributed by atoms with Gasteiger partial charge in [-0.1, -0.05) is 13.8 Å². The lowest BCUT2D eigenvalue weighted by Crippen LogP contribution is -2.40. The van der Waals surface area contributed by atoms with E-state index in [2.05, 4.69) is 43.8 Å². The number of rotatable bonds is 4. The fourth-order valence-corrected chi connectivity index (χ4v) is 2.13. The summed E-state index contributed by atoms with van der Waals surface area (Å²) in [7, 11) is 0. The summed E-state index contributed by atoms with van der Waals surface area (Å²) in [6.45, 7) is 4.57. The molecule has 0 radical (unpaired) electrons. The number of nitrogens with two attached hydrogens (primary N) is 1. The van der Waals surface area contributed by atoms with Crippen LogP contribution < -0.4 is 11.1 Å². The quantitative estimate of drug-likeness (QED) is 0.750. The summed E-state index contributed by atoms with van der Waals surface area (Å²) >= 11 is 5.55. The molecule has 94 valence electrons. The second-order valence-electron chi connectivity index (χ2n) is 4.24. The van der Waals surface area contributed by atoms with E-state index in [-0.39, 0.29) is 11.9 Å². The van der Waals surface area contributed by atoms with Crippen LogP contribution in [0.4, 0.5) is 0 Å². The smallest absolute Gasteiger partial charge is 0.252 e. The Labute approximate surface area is 124 Å². The standard InChI is InChI=1S/C12H16BrIN2O/c1-7(2)11(15)6-16-12(17)9-5-8(14)3-4-10(9)13/h3-5,7,11H,6,15H2,1-2H3,(H,16,17). The summed E-state index contributed by atoms with van der Waals surface area (Å²) < 4.78 is 1.83. The Hall–Kier alpha value is -0.140. The average Bonchev–Trinajstić information content (AvgIpc) is 2.28. The van der Waals surface area contributed by atoms with E-state index in [1.165, 1.54) is 0 Å². The Bertz CT molecular complexity index is 409. The molecule has 0 heterocycles. The molecule has 3 N–H and O–H groups in total. The molecule has 0 aliphatic carbocycles. The number of halogens is 2. The maximum atomic E-state index is 11.9. The number of hydrogen-bond donors (Lipinski definition) is 2. The molecule has 1 rings (SSSR count). The summed E-state index contributed by atoms with van der Waals surface area (Å²) in [6, 6.07) is 5.65. The monoisotopic (exact) mass is 410 g/mol. The van der Waals surface area contributed by atoms with Crippen molar-refractivity contribution >= 4 is 44.4 Å². The van der Waals surface area contributed by atoms with Gasteiger partial charge < -0.3 is 11.1 Å². The van der Waals surface area contributed by atoms with E-state index in [0.29, 0.717) is 18.0 Å². The molecule has 0 bridgehead atoms. The molecule has 0 fully saturated rings. The van der Waals surface area contributed by atoms with Gasteiger partial charge in [-0.3, -0.25) is 4.79 Å². The van der Waals surface area contributed by atoms with E-state index in [9.17, 15) is 4.79 Å². The fraction of sp³-hybridized carbons (Fsp3) is 0.417. The van der Waals surface area contributed by atoms with E-state index in [4.69, 9.17) is 5.73 Å². The molecular formula is C12H16BrIN2O. The summed E-state index contributed by atoms with van der Waals surface area (Å²) in [5, 5.41) is 2.85. The van der Waals surface area contributed by atoms with Crippen LogP contribution in [0, 0.1) is 9.49 Å². The molecular weight excluding hydrogens is 395 g/mol. The third-order valence-electron chi connectivity index (χ3n) is 2.53. The number of amides is 1. The van der Waals surface area contributed by atoms with Gasteiger partial charge in [-0.25, -0.2) is 0 Å². The Kier molecular flexibility index (Phi) is 5.88. The van der Waals surface area contributed by atoms with Gasteiger partial charge in [0.1, 0.15) is 0 Å². The number of benzene rings is 1. The first-order valence-electron chi connectivity index (χ1n) is 5.40. The van der Waals surface area contributed by atoms with Crippen LogP contribution in [0.3, 0.4) is 0 Å². The van der Waals surface area contributed by atoms with Crippen LogP contribution >= 0.6 is 38.5 Å². The van der Waals surface area contributed by atoms with Gasteiger partial charge in [-0.05, 0) is 62.6 Å². The van der Waals surface area contributed by atoms with Crippen molar-refractivity contribution in [3.05, 3.63) is 31.8 Å². The predicted octanol–water partition coefficient (Wildman–Crippen LogP) is 2.77. The highest BCUT2D eigenvalue weighted by molar-refractivity contribution is 14.1. The number of hydrogen-bond acceptors (Lipinski definition) is 2. The zero-order chi connectivity index (χ0) is 13.0. The predicted molar refractivity (Wildman–Crippen MR) is 82.0 cm³/mol. The first-order valence-corrected chi connectivity index (χ1v) is 7.28. The molecule has 1 aromatic carbocycles. The van der Waals surface area contributed by atoms with E-state index in [0.717, 1.165) is 8.04 Å². The van der Waals surface area contributed by atoms with Crippen LogP contribution in [0.1, 0.15) is 24.2 Å². The lowest BCUT2D eigenvalue weighted by Gasteiger charge is -2.16. The molecule has 1 unspecified atom stereocenters. The van der Waals surface area contributed by atoms with Crippen molar-refractivity contribution in [2.24, 2.45) is 11.7 Å². The van der Waals surface area contributed by atoms with Crippen molar-refractivity contribution in [2.45, 2.75) is 19.9 Å². The topological polar surface area (TPSA) is 55.1 Å². The molecule has 1 atom stereocenters. The zero-order valence-electron chi connectivity index (χ0n) is 9.84. The zero-order valence-corrected chi connectivity index (χ0v) is 13.6. The van der Waals surface area contributed by atoms with Gasteiger partial charge in [-0.15, -0.1) is 0 Å². The van der Waals surface area contributed by atoms with Gasteiger partial charge in [0.25, 0.3) is 5.91 Å². The average molecular weight is 411 g/mol. The largest absolute Gasteiger partial charge is 0.350 e. The molecule has 0 aromatic heterocycles. The van der Waals surface area contributed by atoms with E-state index in [1.54, 1.807) is 0 Å². The summed E-state index contributed by atoms with van der Waals surface area (Å²) in [4.78, 5) is 11.9. The molecule has 0 spiro atoms. The Balaban J connectivity index is 2.67. The third-order valence-corrected chi connectivity index (χ3v) is 3.89. The molecule has 1 amide bonds. The summed E-state index contributed by atoms with van der Waals surface area (Å²) in [6.07, 6.45) is 0. The van der Waals surface area contributed by atoms with Gasteiger partial charge in [0.2, 0.25) is 0 Å². The summed E-state index contributed by atoms with van der Waals surface area (Å²) in [5.74, 6) is 0.265. The number of carbonyl (C=O) groups excluding carboxylic acids is 1. The molecule has 0 aliphatic rings. The van der Waals surface area contributed by atoms with Gasteiger partial charge >= 0.3 is 0 Å². The first kappa shape index (κ1) is 14.9. The van der Waals surface area contributed by atoms with Gasteiger partial charge in [0.05, 0.1) is 5.56 Å². The second-order valence-corrected chi connectivity index (χ2v) is 6.34. The van der Waals surface area contributed by atoms with Crippen LogP contribution in [0.25, 0.3) is 0 Å². The van der Waals surface area contributed by atoms with Crippen molar-refractivity contribution in [1.82, 2.24) is 5.32 Å². The van der Waals surface area contributed by atoms with Crippen LogP contribution in [0.15, 0.2) is 22.7 Å². The number of nitrogens with one attached hydrogen (secondary N) is 1. The number of carbonyl (C=O) groups is 1. The Morgan fingerprint density at radius 3 is 2.76 bits per heavy atom. The molecule has 5 heteroatoms. The van der Waals surface area contributed by atoms with Gasteiger partial charge in [-0.2, -0.15) is 0 Å². The van der Waals surface area contributed by atoms with Crippen LogP contribution in [-0.2, 0) is 0 Å². The molecule has 0 saturated carbocycles. The SMILES string of the molecule is CC(C)C(N)CNC(=O)c1cc(I)ccc1Br. The van der Waals surface area contributed by atoms with Crippen molar-refractivity contribution in [3.63, 3.8) is 0 Å². The Morgan fingerprint density at radius 1 is 1.53 bits per heavy atom. The lowest BCUT2D eigenvalue weighted by molar-refractivity contribution is 0.0948. The molecule has 1 aromatic rings. The van der Waals surface area contributed by atoms with Crippen molar-refractivity contribution in [1.29, 1.82) is 0 Å². The Morgan fingerprint density at radius 2 is 2.18 bits per heavy atom. The maximum Gasteiger partial charge on any atom is 0.252 e. The minimum Gasteiger partial charge on any atom is -0.350 e. The van der Waals surface area contributed by atoms with Gasteiger partial charge in [0.15, 0.2) is 0 Å². The summed E-state index contributed by atoms with van der Waals surface area (Å²) in [5.41, 5.74) is 6.53. The highest BCUT2D eigenvalue weighted by Gasteiger charge is 2.13. The lowest BCUT2D eigenvalue weighted by atomic mass is 10.1. The van der Waals surface area contributed by atoms with Crippen LogP contribution in [-0.4, -0.2) is 18.5 Å². The van der Waals surface area contributed by atoms with Crippen molar-refractivity contribution < 1.29 is 4.79 Å². The second kappa shape index (κ2) is 6.70. The van der Waals surface area contributed by atoms with Crippen LogP contribution in [0.2, 0.25) is 0 Å². The minimum absolute atomic E-state index is 0.0134. The molecule has 17 heavy (non-hydrogen) atoms. The maximum absolute atomic E-state index is 11.9. The fourth-order valence-electron chi connectivity index (χ4n) is 1.21. The highest BCUT2D eigenvalue weighted by Crippen LogP contribution is 2.19. The first-order chi connectivity index (χ1) is 7.91. The van der Waals surface area contributed by atoms with E-state index in [1.807, 2.05) is 32.0 Å². The van der Waals surface area contributed by atoms with Crippen molar-refractivity contribution in [2.75, 3.05) is 6.54 Å². The van der Waals surface area contributed by atoms with E-state index >= 15 is 0 Å². The van der Waals surface area contributed by atoms with E-state index < -0.39 is 0 Å². The van der Waals surface area contributed by atoms with Gasteiger partial charge in [0, 0.05) is 20.6 Å². The van der Waals surface area contributed by atoms with Crippen molar-refractivity contribution in [3.8, 4) is 0 Å². The molecule has 3 nitrogen and oxygen atoms in total. The molecule has 0 aliphatic heterocycles. The third kappa shape index (κ3) is 4.56. The minimum atomic E-state index is -0.0912.